The Bertz CT molecular complexity index is 2020. The second-order valence-electron chi connectivity index (χ2n) is 14.4. The lowest BCUT2D eigenvalue weighted by atomic mass is 9.76. The number of ether oxygens (including phenoxy) is 2. The number of hydrogen-bond donors (Lipinski definition) is 4. The van der Waals surface area contributed by atoms with Crippen molar-refractivity contribution >= 4 is 30.5 Å². The summed E-state index contributed by atoms with van der Waals surface area (Å²) in [5.74, 6) is 1.00. The molecule has 0 aliphatic rings. The zero-order valence-electron chi connectivity index (χ0n) is 32.8. The van der Waals surface area contributed by atoms with E-state index in [0.717, 1.165) is 55.8 Å². The minimum atomic E-state index is -0.773. The molecule has 9 nitrogen and oxygen atoms in total. The van der Waals surface area contributed by atoms with Gasteiger partial charge in [-0.3, -0.25) is 4.79 Å². The molecule has 0 aliphatic heterocycles. The summed E-state index contributed by atoms with van der Waals surface area (Å²) in [5, 5.41) is 23.3. The van der Waals surface area contributed by atoms with Gasteiger partial charge in [0, 0.05) is 35.3 Å². The van der Waals surface area contributed by atoms with E-state index in [4.69, 9.17) is 9.47 Å². The van der Waals surface area contributed by atoms with Gasteiger partial charge in [-0.1, -0.05) is 83.7 Å². The smallest absolute Gasteiger partial charge is 0.171 e. The Kier molecular flexibility index (Phi) is 14.3. The van der Waals surface area contributed by atoms with Crippen molar-refractivity contribution in [3.05, 3.63) is 130 Å². The monoisotopic (exact) mass is 748 g/mol. The summed E-state index contributed by atoms with van der Waals surface area (Å²) in [6.07, 6.45) is 2.43. The number of ketones is 1. The number of nitrogens with one attached hydrogen (secondary N) is 2. The van der Waals surface area contributed by atoms with Crippen LogP contribution in [0, 0.1) is 31.1 Å². The Morgan fingerprint density at radius 2 is 1.70 bits per heavy atom. The van der Waals surface area contributed by atoms with Crippen molar-refractivity contribution in [2.24, 2.45) is 10.9 Å². The van der Waals surface area contributed by atoms with Crippen LogP contribution in [0.4, 0.5) is 5.69 Å². The Morgan fingerprint density at radius 3 is 2.33 bits per heavy atom. The van der Waals surface area contributed by atoms with E-state index in [2.05, 4.69) is 111 Å². The van der Waals surface area contributed by atoms with Crippen LogP contribution in [0.2, 0.25) is 0 Å². The Hall–Kier alpha value is -4.92. The van der Waals surface area contributed by atoms with Gasteiger partial charge in [-0.15, -0.1) is 0 Å². The van der Waals surface area contributed by atoms with Crippen molar-refractivity contribution in [2.45, 2.75) is 60.3 Å². The second kappa shape index (κ2) is 18.4. The number of carbonyl (C=O) groups is 1. The number of hydrogen-bond acceptors (Lipinski definition) is 9. The largest absolute Gasteiger partial charge is 0.490 e. The number of carbonyl (C=O) groups excluding carboxylic acids is 1. The molecule has 0 bridgehead atoms. The lowest BCUT2D eigenvalue weighted by Gasteiger charge is -2.28. The summed E-state index contributed by atoms with van der Waals surface area (Å²) >= 11 is 3.99. The van der Waals surface area contributed by atoms with Crippen molar-refractivity contribution in [2.75, 3.05) is 38.7 Å². The SMILES string of the molecule is C=C(/N=C\c1cc(-c2ccc(C(C)(C)c3cc(C#N)c(OCCOCCNc4ccc(C(=O)C(C)C)c(C)c4)c(CC)c3)cc2)ccc1C)N[N+](C)(O)S. The number of hydroxylamine groups is 1. The van der Waals surface area contributed by atoms with Gasteiger partial charge in [-0.05, 0) is 99.3 Å². The molecule has 54 heavy (non-hydrogen) atoms. The summed E-state index contributed by atoms with van der Waals surface area (Å²) in [4.78, 5) is 16.7. The van der Waals surface area contributed by atoms with E-state index in [1.165, 1.54) is 7.05 Å². The highest BCUT2D eigenvalue weighted by molar-refractivity contribution is 7.74. The predicted octanol–water partition coefficient (Wildman–Crippen LogP) is 9.15. The normalized spacial score (nSPS) is 12.7. The Balaban J connectivity index is 1.38. The van der Waals surface area contributed by atoms with E-state index in [9.17, 15) is 15.3 Å². The number of quaternary nitrogens is 1. The number of anilines is 1. The Labute approximate surface area is 326 Å². The predicted molar refractivity (Wildman–Crippen MR) is 221 cm³/mol. The summed E-state index contributed by atoms with van der Waals surface area (Å²) in [7, 11) is 1.44. The fourth-order valence-electron chi connectivity index (χ4n) is 6.13. The number of nitrogens with zero attached hydrogens (tertiary/aromatic N) is 3. The molecule has 4 aromatic rings. The standard InChI is InChI=1S/C44H53N5O4S/c1-10-33-25-39(26-36(27-45)43(33)53-22-21-52-20-19-46-40-17-18-41(31(5)23-40)42(50)29(2)3)44(7,8)38-15-13-34(14-16-38)35-12-11-30(4)37(24-35)28-47-32(6)48-49(9,51)54/h11-18,23-26,28-29,48,51,54H,6,10,19-22H2,1-5,7-9H3/p+1/b47-28-. The molecule has 0 saturated heterocycles. The van der Waals surface area contributed by atoms with Gasteiger partial charge in [0.25, 0.3) is 0 Å². The van der Waals surface area contributed by atoms with Crippen LogP contribution in [-0.4, -0.2) is 54.8 Å². The number of nitriles is 1. The van der Waals surface area contributed by atoms with Crippen LogP contribution in [0.3, 0.4) is 0 Å². The first-order valence-corrected chi connectivity index (χ1v) is 18.7. The van der Waals surface area contributed by atoms with E-state index in [-0.39, 0.29) is 22.9 Å². The van der Waals surface area contributed by atoms with Crippen LogP contribution in [0.1, 0.15) is 83.9 Å². The molecule has 1 atom stereocenters. The first-order chi connectivity index (χ1) is 25.5. The molecule has 0 saturated carbocycles. The molecule has 0 radical (unpaired) electrons. The molecule has 10 heteroatoms. The van der Waals surface area contributed by atoms with Crippen LogP contribution < -0.4 is 15.5 Å². The minimum Gasteiger partial charge on any atom is -0.490 e. The van der Waals surface area contributed by atoms with E-state index < -0.39 is 4.16 Å². The lowest BCUT2D eigenvalue weighted by Crippen LogP contribution is -2.42. The molecule has 4 rings (SSSR count). The molecule has 284 valence electrons. The van der Waals surface area contributed by atoms with Gasteiger partial charge in [-0.2, -0.15) is 15.9 Å². The third-order valence-corrected chi connectivity index (χ3v) is 9.47. The molecule has 0 fully saturated rings. The fraction of sp³-hybridized carbons (Fsp3) is 0.341. The van der Waals surface area contributed by atoms with Crippen molar-refractivity contribution in [3.63, 3.8) is 0 Å². The maximum atomic E-state index is 12.4. The van der Waals surface area contributed by atoms with Crippen molar-refractivity contribution < 1.29 is 23.6 Å². The molecule has 0 aromatic heterocycles. The third-order valence-electron chi connectivity index (χ3n) is 9.37. The van der Waals surface area contributed by atoms with Crippen molar-refractivity contribution in [1.29, 1.82) is 5.26 Å². The average Bonchev–Trinajstić information content (AvgIpc) is 3.12. The summed E-state index contributed by atoms with van der Waals surface area (Å²) in [6.45, 7) is 19.8. The number of aryl methyl sites for hydroxylation is 3. The topological polar surface area (TPSA) is 116 Å². The lowest BCUT2D eigenvalue weighted by molar-refractivity contribution is -1.01. The molecular formula is C44H54N5O4S+. The van der Waals surface area contributed by atoms with Crippen LogP contribution in [0.5, 0.6) is 5.75 Å². The minimum absolute atomic E-state index is 0.0341. The second-order valence-corrected chi connectivity index (χ2v) is 15.2. The molecule has 0 spiro atoms. The van der Waals surface area contributed by atoms with Crippen LogP contribution in [0.25, 0.3) is 11.1 Å². The highest BCUT2D eigenvalue weighted by Crippen LogP contribution is 2.37. The molecule has 0 amide bonds. The number of thiol groups is 1. The van der Waals surface area contributed by atoms with E-state index >= 15 is 0 Å². The van der Waals surface area contributed by atoms with Gasteiger partial charge < -0.3 is 14.8 Å². The fourth-order valence-corrected chi connectivity index (χ4v) is 6.24. The van der Waals surface area contributed by atoms with E-state index in [1.54, 1.807) is 6.21 Å². The quantitative estimate of drug-likeness (QED) is 0.0200. The van der Waals surface area contributed by atoms with Gasteiger partial charge in [0.15, 0.2) is 11.6 Å². The van der Waals surface area contributed by atoms with Gasteiger partial charge in [0.1, 0.15) is 38.3 Å². The summed E-state index contributed by atoms with van der Waals surface area (Å²) in [6, 6.07) is 27.0. The first kappa shape index (κ1) is 41.8. The highest BCUT2D eigenvalue weighted by Gasteiger charge is 2.26. The molecule has 3 N–H and O–H groups in total. The number of Topliss-reactive ketones (excluding diaryl/α,β-unsaturated/α-hetero) is 1. The van der Waals surface area contributed by atoms with Gasteiger partial charge >= 0.3 is 0 Å². The van der Waals surface area contributed by atoms with Gasteiger partial charge in [-0.25, -0.2) is 4.99 Å². The Morgan fingerprint density at radius 1 is 1.00 bits per heavy atom. The average molecular weight is 749 g/mol. The zero-order valence-corrected chi connectivity index (χ0v) is 33.7. The first-order valence-electron chi connectivity index (χ1n) is 18.3. The zero-order chi connectivity index (χ0) is 39.6. The molecule has 0 aliphatic carbocycles. The van der Waals surface area contributed by atoms with Crippen molar-refractivity contribution in [3.8, 4) is 22.9 Å². The molecule has 1 unspecified atom stereocenters. The molecule has 0 heterocycles. The van der Waals surface area contributed by atoms with E-state index in [0.29, 0.717) is 44.1 Å². The number of aliphatic imine (C=N–C) groups is 1. The van der Waals surface area contributed by atoms with Crippen LogP contribution in [0.15, 0.2) is 90.2 Å². The van der Waals surface area contributed by atoms with Crippen LogP contribution in [-0.2, 0) is 16.6 Å². The third kappa shape index (κ3) is 11.1. The maximum Gasteiger partial charge on any atom is 0.171 e. The number of rotatable bonds is 18. The van der Waals surface area contributed by atoms with Gasteiger partial charge in [0.2, 0.25) is 0 Å². The summed E-state index contributed by atoms with van der Waals surface area (Å²) < 4.78 is 11.2. The molecular weight excluding hydrogens is 695 g/mol. The summed E-state index contributed by atoms with van der Waals surface area (Å²) in [5.41, 5.74) is 12.7. The number of benzene rings is 4. The van der Waals surface area contributed by atoms with Crippen molar-refractivity contribution in [1.82, 2.24) is 5.43 Å². The molecule has 4 aromatic carbocycles. The highest BCUT2D eigenvalue weighted by atomic mass is 32.1. The van der Waals surface area contributed by atoms with E-state index in [1.807, 2.05) is 52.0 Å². The maximum absolute atomic E-state index is 12.4. The van der Waals surface area contributed by atoms with Crippen LogP contribution >= 0.6 is 12.8 Å². The van der Waals surface area contributed by atoms with Gasteiger partial charge in [0.05, 0.1) is 18.8 Å².